The first-order valence-electron chi connectivity index (χ1n) is 11.5. The predicted molar refractivity (Wildman–Crippen MR) is 137 cm³/mol. The summed E-state index contributed by atoms with van der Waals surface area (Å²) >= 11 is 0. The van der Waals surface area contributed by atoms with Crippen LogP contribution in [-0.2, 0) is 29.2 Å². The van der Waals surface area contributed by atoms with E-state index in [4.69, 9.17) is 4.74 Å². The maximum absolute atomic E-state index is 14.0. The highest BCUT2D eigenvalue weighted by molar-refractivity contribution is 5.91. The van der Waals surface area contributed by atoms with Crippen molar-refractivity contribution in [3.63, 3.8) is 0 Å². The number of methoxy groups -OCH3 is 1. The van der Waals surface area contributed by atoms with E-state index in [0.29, 0.717) is 5.75 Å². The van der Waals surface area contributed by atoms with Crippen LogP contribution in [0, 0.1) is 5.82 Å². The summed E-state index contributed by atoms with van der Waals surface area (Å²) in [6.07, 6.45) is -0.135. The van der Waals surface area contributed by atoms with Crippen LogP contribution in [0.3, 0.4) is 0 Å². The molecule has 3 aromatic carbocycles. The van der Waals surface area contributed by atoms with Gasteiger partial charge in [0.1, 0.15) is 18.1 Å². The van der Waals surface area contributed by atoms with Crippen LogP contribution in [0.2, 0.25) is 0 Å². The van der Waals surface area contributed by atoms with Crippen LogP contribution in [-0.4, -0.2) is 28.1 Å². The van der Waals surface area contributed by atoms with Crippen molar-refractivity contribution < 1.29 is 18.7 Å². The standard InChI is InChI=1S/C27H25FN4O5/c1-37-23-13-7-2-8-18(23)16-29-24(33)14-15-31-26(35)19-9-3-6-12-22(19)32(27(31)36)17-25(34)30-21-11-5-4-10-20(21)28/h2-13H,14-17H2,1H3,(H,29,33)(H,30,34). The summed E-state index contributed by atoms with van der Waals surface area (Å²) in [4.78, 5) is 51.5. The minimum atomic E-state index is -0.745. The average Bonchev–Trinajstić information content (AvgIpc) is 2.91. The van der Waals surface area contributed by atoms with E-state index in [-0.39, 0.29) is 42.0 Å². The minimum absolute atomic E-state index is 0.0232. The normalized spacial score (nSPS) is 10.8. The smallest absolute Gasteiger partial charge is 0.331 e. The van der Waals surface area contributed by atoms with Gasteiger partial charge in [0.15, 0.2) is 0 Å². The third-order valence-electron chi connectivity index (χ3n) is 5.81. The number of anilines is 1. The molecule has 4 rings (SSSR count). The van der Waals surface area contributed by atoms with Crippen molar-refractivity contribution in [1.29, 1.82) is 0 Å². The van der Waals surface area contributed by atoms with Crippen LogP contribution in [0.4, 0.5) is 10.1 Å². The van der Waals surface area contributed by atoms with Crippen LogP contribution < -0.4 is 26.6 Å². The first-order chi connectivity index (χ1) is 17.9. The highest BCUT2D eigenvalue weighted by atomic mass is 19.1. The van der Waals surface area contributed by atoms with Gasteiger partial charge in [0.05, 0.1) is 23.7 Å². The Morgan fingerprint density at radius 2 is 1.59 bits per heavy atom. The molecule has 2 amide bonds. The summed E-state index contributed by atoms with van der Waals surface area (Å²) in [5, 5.41) is 5.42. The molecule has 0 radical (unpaired) electrons. The average molecular weight is 505 g/mol. The van der Waals surface area contributed by atoms with Crippen LogP contribution in [0.5, 0.6) is 5.75 Å². The largest absolute Gasteiger partial charge is 0.496 e. The van der Waals surface area contributed by atoms with Gasteiger partial charge in [-0.25, -0.2) is 9.18 Å². The van der Waals surface area contributed by atoms with E-state index >= 15 is 0 Å². The first-order valence-corrected chi connectivity index (χ1v) is 11.5. The highest BCUT2D eigenvalue weighted by Crippen LogP contribution is 2.17. The number of nitrogens with zero attached hydrogens (tertiary/aromatic N) is 2. The van der Waals surface area contributed by atoms with Crippen molar-refractivity contribution in [2.24, 2.45) is 0 Å². The minimum Gasteiger partial charge on any atom is -0.496 e. The van der Waals surface area contributed by atoms with Crippen molar-refractivity contribution in [3.8, 4) is 5.75 Å². The van der Waals surface area contributed by atoms with E-state index in [1.807, 2.05) is 18.2 Å². The molecule has 0 saturated heterocycles. The number of carbonyl (C=O) groups is 2. The Hall–Kier alpha value is -4.73. The molecule has 0 aliphatic carbocycles. The molecule has 0 fully saturated rings. The van der Waals surface area contributed by atoms with E-state index in [0.717, 1.165) is 14.7 Å². The molecule has 190 valence electrons. The number of carbonyl (C=O) groups excluding carboxylic acids is 2. The summed E-state index contributed by atoms with van der Waals surface area (Å²) in [6, 6.07) is 19.3. The van der Waals surface area contributed by atoms with Gasteiger partial charge in [-0.3, -0.25) is 23.5 Å². The number of hydrogen-bond donors (Lipinski definition) is 2. The topological polar surface area (TPSA) is 111 Å². The third-order valence-corrected chi connectivity index (χ3v) is 5.81. The van der Waals surface area contributed by atoms with Crippen molar-refractivity contribution >= 4 is 28.4 Å². The lowest BCUT2D eigenvalue weighted by atomic mass is 10.2. The Morgan fingerprint density at radius 1 is 0.892 bits per heavy atom. The van der Waals surface area contributed by atoms with Crippen molar-refractivity contribution in [3.05, 3.63) is 105 Å². The van der Waals surface area contributed by atoms with Crippen molar-refractivity contribution in [2.45, 2.75) is 26.1 Å². The number of aromatic nitrogens is 2. The molecule has 4 aromatic rings. The molecular weight excluding hydrogens is 479 g/mol. The molecule has 0 atom stereocenters. The molecule has 0 aliphatic rings. The molecule has 10 heteroatoms. The van der Waals surface area contributed by atoms with Crippen LogP contribution in [0.25, 0.3) is 10.9 Å². The van der Waals surface area contributed by atoms with Crippen LogP contribution in [0.1, 0.15) is 12.0 Å². The molecule has 0 bridgehead atoms. The number of fused-ring (bicyclic) bond motifs is 1. The van der Waals surface area contributed by atoms with Gasteiger partial charge in [-0.2, -0.15) is 0 Å². The number of benzene rings is 3. The number of rotatable bonds is 9. The number of nitrogens with one attached hydrogen (secondary N) is 2. The molecule has 37 heavy (non-hydrogen) atoms. The molecule has 0 spiro atoms. The van der Waals surface area contributed by atoms with Gasteiger partial charge >= 0.3 is 5.69 Å². The van der Waals surface area contributed by atoms with Gasteiger partial charge in [0, 0.05) is 25.1 Å². The number of hydrogen-bond acceptors (Lipinski definition) is 5. The maximum Gasteiger partial charge on any atom is 0.331 e. The Labute approximate surface area is 211 Å². The zero-order valence-corrected chi connectivity index (χ0v) is 20.1. The van der Waals surface area contributed by atoms with Crippen LogP contribution in [0.15, 0.2) is 82.4 Å². The zero-order valence-electron chi connectivity index (χ0n) is 20.1. The number of ether oxygens (including phenoxy) is 1. The summed E-state index contributed by atoms with van der Waals surface area (Å²) in [7, 11) is 1.54. The molecular formula is C27H25FN4O5. The van der Waals surface area contributed by atoms with Gasteiger partial charge in [0.2, 0.25) is 11.8 Å². The number of para-hydroxylation sites is 3. The first kappa shape index (κ1) is 25.4. The Morgan fingerprint density at radius 3 is 2.38 bits per heavy atom. The van der Waals surface area contributed by atoms with Crippen molar-refractivity contribution in [1.82, 2.24) is 14.5 Å². The van der Waals surface area contributed by atoms with Crippen molar-refractivity contribution in [2.75, 3.05) is 12.4 Å². The van der Waals surface area contributed by atoms with E-state index in [1.54, 1.807) is 36.4 Å². The maximum atomic E-state index is 14.0. The molecule has 9 nitrogen and oxygen atoms in total. The van der Waals surface area contributed by atoms with E-state index in [1.165, 1.54) is 25.3 Å². The Bertz CT molecular complexity index is 1580. The fourth-order valence-electron chi connectivity index (χ4n) is 3.96. The van der Waals surface area contributed by atoms with E-state index in [9.17, 15) is 23.6 Å². The highest BCUT2D eigenvalue weighted by Gasteiger charge is 2.17. The van der Waals surface area contributed by atoms with Gasteiger partial charge in [0.25, 0.3) is 5.56 Å². The summed E-state index contributed by atoms with van der Waals surface area (Å²) in [5.41, 5.74) is -0.291. The SMILES string of the molecule is COc1ccccc1CNC(=O)CCn1c(=O)c2ccccc2n(CC(=O)Nc2ccccc2F)c1=O. The molecule has 2 N–H and O–H groups in total. The second-order valence-electron chi connectivity index (χ2n) is 8.21. The van der Waals surface area contributed by atoms with Gasteiger partial charge in [-0.05, 0) is 30.3 Å². The van der Waals surface area contributed by atoms with Gasteiger partial charge in [-0.1, -0.05) is 42.5 Å². The van der Waals surface area contributed by atoms with Crippen LogP contribution >= 0.6 is 0 Å². The second-order valence-corrected chi connectivity index (χ2v) is 8.21. The lowest BCUT2D eigenvalue weighted by Crippen LogP contribution is -2.42. The number of amides is 2. The summed E-state index contributed by atoms with van der Waals surface area (Å²) in [6.45, 7) is -0.418. The fourth-order valence-corrected chi connectivity index (χ4v) is 3.96. The Balaban J connectivity index is 1.54. The monoisotopic (exact) mass is 504 g/mol. The molecule has 0 aliphatic heterocycles. The summed E-state index contributed by atoms with van der Waals surface area (Å²) in [5.74, 6) is -0.992. The van der Waals surface area contributed by atoms with E-state index in [2.05, 4.69) is 10.6 Å². The van der Waals surface area contributed by atoms with E-state index < -0.39 is 29.5 Å². The lowest BCUT2D eigenvalue weighted by molar-refractivity contribution is -0.121. The molecule has 0 unspecified atom stereocenters. The Kier molecular flexibility index (Phi) is 7.77. The number of halogens is 1. The fraction of sp³-hybridized carbons (Fsp3) is 0.185. The quantitative estimate of drug-likeness (QED) is 0.364. The molecule has 0 saturated carbocycles. The third kappa shape index (κ3) is 5.75. The summed E-state index contributed by atoms with van der Waals surface area (Å²) < 4.78 is 21.3. The van der Waals surface area contributed by atoms with Gasteiger partial charge < -0.3 is 15.4 Å². The van der Waals surface area contributed by atoms with Gasteiger partial charge in [-0.15, -0.1) is 0 Å². The molecule has 1 heterocycles. The zero-order chi connectivity index (χ0) is 26.4. The molecule has 1 aromatic heterocycles. The second kappa shape index (κ2) is 11.3. The lowest BCUT2D eigenvalue weighted by Gasteiger charge is -2.14. The predicted octanol–water partition coefficient (Wildman–Crippen LogP) is 2.66.